The van der Waals surface area contributed by atoms with Crippen LogP contribution in [0.4, 0.5) is 10.3 Å². The van der Waals surface area contributed by atoms with Crippen LogP contribution in [0.5, 0.6) is 0 Å². The van der Waals surface area contributed by atoms with E-state index in [9.17, 15) is 9.59 Å². The molecule has 2 amide bonds. The average Bonchev–Trinajstić information content (AvgIpc) is 3.21. The summed E-state index contributed by atoms with van der Waals surface area (Å²) in [5, 5.41) is 13.0. The van der Waals surface area contributed by atoms with Gasteiger partial charge < -0.3 is 10.2 Å². The van der Waals surface area contributed by atoms with Gasteiger partial charge in [-0.15, -0.1) is 10.2 Å². The number of carbonyl (C=O) groups excluding carboxylic acids is 2. The summed E-state index contributed by atoms with van der Waals surface area (Å²) in [4.78, 5) is 27.9. The summed E-state index contributed by atoms with van der Waals surface area (Å²) in [7, 11) is 0. The fraction of sp³-hybridized carbons (Fsp3) is 0.750. The third-order valence-corrected chi connectivity index (χ3v) is 5.54. The zero-order valence-electron chi connectivity index (χ0n) is 14.3. The Kier molecular flexibility index (Phi) is 5.33. The van der Waals surface area contributed by atoms with E-state index in [4.69, 9.17) is 0 Å². The highest BCUT2D eigenvalue weighted by Crippen LogP contribution is 2.32. The number of carbonyl (C=O) groups is 2. The second-order valence-electron chi connectivity index (χ2n) is 6.92. The van der Waals surface area contributed by atoms with E-state index in [1.165, 1.54) is 11.3 Å². The van der Waals surface area contributed by atoms with Crippen LogP contribution in [0.15, 0.2) is 0 Å². The number of nitrogens with one attached hydrogen (secondary N) is 1. The van der Waals surface area contributed by atoms with Gasteiger partial charge in [0.1, 0.15) is 0 Å². The Morgan fingerprint density at radius 1 is 1.25 bits per heavy atom. The first kappa shape index (κ1) is 17.1. The molecule has 3 heterocycles. The number of rotatable bonds is 5. The summed E-state index contributed by atoms with van der Waals surface area (Å²) in [6.45, 7) is 7.29. The van der Waals surface area contributed by atoms with Gasteiger partial charge in [0.05, 0.1) is 0 Å². The standard InChI is InChI=1S/C16H25N5O2S/c1-11(2)10-17-14(23)12-5-8-20(9-6-12)15-18-19-16(24-15)21-7-3-4-13(21)22/h11-12H,3-10H2,1-2H3,(H,17,23). The van der Waals surface area contributed by atoms with Gasteiger partial charge in [0, 0.05) is 38.5 Å². The molecule has 0 radical (unpaired) electrons. The largest absolute Gasteiger partial charge is 0.356 e. The Bertz CT molecular complexity index is 595. The molecule has 0 atom stereocenters. The molecule has 1 N–H and O–H groups in total. The highest BCUT2D eigenvalue weighted by molar-refractivity contribution is 7.19. The number of hydrogen-bond donors (Lipinski definition) is 1. The van der Waals surface area contributed by atoms with E-state index in [1.54, 1.807) is 4.90 Å². The number of nitrogens with zero attached hydrogens (tertiary/aromatic N) is 4. The van der Waals surface area contributed by atoms with Gasteiger partial charge in [-0.2, -0.15) is 0 Å². The lowest BCUT2D eigenvalue weighted by Crippen LogP contribution is -2.41. The van der Waals surface area contributed by atoms with Crippen molar-refractivity contribution < 1.29 is 9.59 Å². The average molecular weight is 351 g/mol. The van der Waals surface area contributed by atoms with Crippen molar-refractivity contribution in [2.45, 2.75) is 39.5 Å². The first-order valence-electron chi connectivity index (χ1n) is 8.71. The second kappa shape index (κ2) is 7.46. The molecule has 0 bridgehead atoms. The van der Waals surface area contributed by atoms with Crippen molar-refractivity contribution in [3.05, 3.63) is 0 Å². The molecule has 1 aromatic rings. The minimum Gasteiger partial charge on any atom is -0.356 e. The number of hydrogen-bond acceptors (Lipinski definition) is 6. The maximum Gasteiger partial charge on any atom is 0.228 e. The Hall–Kier alpha value is -1.70. The van der Waals surface area contributed by atoms with Gasteiger partial charge in [-0.1, -0.05) is 25.2 Å². The smallest absolute Gasteiger partial charge is 0.228 e. The molecule has 1 aromatic heterocycles. The summed E-state index contributed by atoms with van der Waals surface area (Å²) >= 11 is 1.47. The van der Waals surface area contributed by atoms with Crippen molar-refractivity contribution in [1.82, 2.24) is 15.5 Å². The van der Waals surface area contributed by atoms with E-state index in [1.807, 2.05) is 0 Å². The lowest BCUT2D eigenvalue weighted by atomic mass is 9.96. The minimum absolute atomic E-state index is 0.0903. The van der Waals surface area contributed by atoms with Gasteiger partial charge in [0.25, 0.3) is 0 Å². The Labute approximate surface area is 146 Å². The second-order valence-corrected chi connectivity index (χ2v) is 7.85. The van der Waals surface area contributed by atoms with Gasteiger partial charge >= 0.3 is 0 Å². The van der Waals surface area contributed by atoms with E-state index in [-0.39, 0.29) is 17.7 Å². The van der Waals surface area contributed by atoms with Crippen molar-refractivity contribution in [2.75, 3.05) is 36.0 Å². The van der Waals surface area contributed by atoms with Gasteiger partial charge in [-0.05, 0) is 25.2 Å². The maximum absolute atomic E-state index is 12.2. The van der Waals surface area contributed by atoms with Crippen molar-refractivity contribution in [3.63, 3.8) is 0 Å². The van der Waals surface area contributed by atoms with Crippen LogP contribution in [-0.4, -0.2) is 48.2 Å². The van der Waals surface area contributed by atoms with E-state index in [2.05, 4.69) is 34.3 Å². The summed E-state index contributed by atoms with van der Waals surface area (Å²) < 4.78 is 0. The zero-order valence-corrected chi connectivity index (χ0v) is 15.1. The summed E-state index contributed by atoms with van der Waals surface area (Å²) in [5.74, 6) is 0.872. The van der Waals surface area contributed by atoms with Crippen molar-refractivity contribution in [2.24, 2.45) is 11.8 Å². The number of amides is 2. The molecule has 0 aromatic carbocycles. The fourth-order valence-electron chi connectivity index (χ4n) is 3.08. The number of anilines is 2. The first-order chi connectivity index (χ1) is 11.5. The molecule has 2 aliphatic heterocycles. The Balaban J connectivity index is 1.52. The van der Waals surface area contributed by atoms with E-state index in [0.717, 1.165) is 50.6 Å². The van der Waals surface area contributed by atoms with Gasteiger partial charge in [-0.25, -0.2) is 0 Å². The molecule has 0 aliphatic carbocycles. The molecule has 24 heavy (non-hydrogen) atoms. The Morgan fingerprint density at radius 3 is 2.58 bits per heavy atom. The summed E-state index contributed by atoms with van der Waals surface area (Å²) in [6.07, 6.45) is 3.17. The predicted octanol–water partition coefficient (Wildman–Crippen LogP) is 1.65. The van der Waals surface area contributed by atoms with E-state index in [0.29, 0.717) is 17.5 Å². The third-order valence-electron chi connectivity index (χ3n) is 4.53. The van der Waals surface area contributed by atoms with Crippen molar-refractivity contribution >= 4 is 33.4 Å². The lowest BCUT2D eigenvalue weighted by molar-refractivity contribution is -0.125. The van der Waals surface area contributed by atoms with E-state index >= 15 is 0 Å². The van der Waals surface area contributed by atoms with Crippen LogP contribution in [0.25, 0.3) is 0 Å². The molecule has 3 rings (SSSR count). The SMILES string of the molecule is CC(C)CNC(=O)C1CCN(c2nnc(N3CCCC3=O)s2)CC1. The van der Waals surface area contributed by atoms with Crippen LogP contribution in [-0.2, 0) is 9.59 Å². The predicted molar refractivity (Wildman–Crippen MR) is 94.3 cm³/mol. The highest BCUT2D eigenvalue weighted by Gasteiger charge is 2.29. The number of aromatic nitrogens is 2. The molecule has 0 unspecified atom stereocenters. The van der Waals surface area contributed by atoms with Crippen molar-refractivity contribution in [1.29, 1.82) is 0 Å². The molecule has 8 heteroatoms. The fourth-order valence-corrected chi connectivity index (χ4v) is 4.02. The molecule has 132 valence electrons. The maximum atomic E-state index is 12.2. The van der Waals surface area contributed by atoms with Gasteiger partial charge in [0.2, 0.25) is 22.1 Å². The monoisotopic (exact) mass is 351 g/mol. The molecule has 0 saturated carbocycles. The zero-order chi connectivity index (χ0) is 17.1. The molecule has 7 nitrogen and oxygen atoms in total. The van der Waals surface area contributed by atoms with Gasteiger partial charge in [-0.3, -0.25) is 14.5 Å². The Morgan fingerprint density at radius 2 is 1.96 bits per heavy atom. The number of piperidine rings is 1. The van der Waals surface area contributed by atoms with Crippen LogP contribution in [0.2, 0.25) is 0 Å². The normalized spacial score (nSPS) is 19.4. The van der Waals surface area contributed by atoms with Crippen LogP contribution in [0, 0.1) is 11.8 Å². The van der Waals surface area contributed by atoms with Crippen LogP contribution < -0.4 is 15.1 Å². The molecule has 2 saturated heterocycles. The van der Waals surface area contributed by atoms with Crippen LogP contribution in [0.1, 0.15) is 39.5 Å². The molecular formula is C16H25N5O2S. The van der Waals surface area contributed by atoms with Crippen molar-refractivity contribution in [3.8, 4) is 0 Å². The minimum atomic E-state index is 0.0903. The quantitative estimate of drug-likeness (QED) is 0.873. The highest BCUT2D eigenvalue weighted by atomic mass is 32.1. The van der Waals surface area contributed by atoms with Gasteiger partial charge in [0.15, 0.2) is 0 Å². The first-order valence-corrected chi connectivity index (χ1v) is 9.52. The van der Waals surface area contributed by atoms with Crippen LogP contribution >= 0.6 is 11.3 Å². The lowest BCUT2D eigenvalue weighted by Gasteiger charge is -2.30. The molecule has 0 spiro atoms. The molecule has 2 fully saturated rings. The molecular weight excluding hydrogens is 326 g/mol. The van der Waals surface area contributed by atoms with Crippen LogP contribution in [0.3, 0.4) is 0 Å². The topological polar surface area (TPSA) is 78.4 Å². The third kappa shape index (κ3) is 3.85. The summed E-state index contributed by atoms with van der Waals surface area (Å²) in [6, 6.07) is 0. The summed E-state index contributed by atoms with van der Waals surface area (Å²) in [5.41, 5.74) is 0. The van der Waals surface area contributed by atoms with E-state index < -0.39 is 0 Å². The molecule has 2 aliphatic rings.